The van der Waals surface area contributed by atoms with Crippen LogP contribution in [0.1, 0.15) is 10.4 Å². The van der Waals surface area contributed by atoms with E-state index in [4.69, 9.17) is 6.57 Å². The summed E-state index contributed by atoms with van der Waals surface area (Å²) in [4.78, 5) is 20.2. The quantitative estimate of drug-likeness (QED) is 0.352. The van der Waals surface area contributed by atoms with Crippen LogP contribution in [-0.4, -0.2) is 18.0 Å². The Morgan fingerprint density at radius 1 is 1.03 bits per heavy atom. The smallest absolute Gasteiger partial charge is 0.257 e. The summed E-state index contributed by atoms with van der Waals surface area (Å²) < 4.78 is 32.4. The highest BCUT2D eigenvalue weighted by molar-refractivity contribution is 7.14. The Balaban J connectivity index is 1.54. The van der Waals surface area contributed by atoms with Crippen LogP contribution in [0.2, 0.25) is 0 Å². The molecule has 8 heteroatoms. The molecule has 32 heavy (non-hydrogen) atoms. The molecule has 0 atom stereocenters. The molecule has 0 saturated carbocycles. The number of carbonyl (C=O) groups excluding carboxylic acids is 1. The molecular weight excluding hydrogens is 432 g/mol. The lowest BCUT2D eigenvalue weighted by molar-refractivity contribution is 0.102. The number of ether oxygens (including phenoxy) is 1. The molecule has 5 nitrogen and oxygen atoms in total. The minimum Gasteiger partial charge on any atom is -0.491 e. The number of benzene rings is 3. The van der Waals surface area contributed by atoms with E-state index in [0.717, 1.165) is 35.9 Å². The molecule has 0 unspecified atom stereocenters. The van der Waals surface area contributed by atoms with Gasteiger partial charge < -0.3 is 4.74 Å². The maximum absolute atomic E-state index is 13.9. The first-order valence-electron chi connectivity index (χ1n) is 9.36. The Hall–Kier alpha value is -4.09. The van der Waals surface area contributed by atoms with Gasteiger partial charge in [-0.2, -0.15) is 0 Å². The maximum Gasteiger partial charge on any atom is 0.257 e. The lowest BCUT2D eigenvalue weighted by Gasteiger charge is -2.07. The summed E-state index contributed by atoms with van der Waals surface area (Å²) in [6, 6.07) is 16.8. The van der Waals surface area contributed by atoms with E-state index in [2.05, 4.69) is 19.9 Å². The molecule has 0 saturated heterocycles. The fourth-order valence-electron chi connectivity index (χ4n) is 3.11. The second-order valence-electron chi connectivity index (χ2n) is 6.70. The van der Waals surface area contributed by atoms with E-state index < -0.39 is 23.3 Å². The van der Waals surface area contributed by atoms with Crippen LogP contribution >= 0.6 is 11.3 Å². The predicted molar refractivity (Wildman–Crippen MR) is 120 cm³/mol. The molecule has 1 N–H and O–H groups in total. The molecule has 0 aliphatic carbocycles. The van der Waals surface area contributed by atoms with Crippen LogP contribution in [-0.2, 0) is 0 Å². The first-order valence-corrected chi connectivity index (χ1v) is 10.2. The fourth-order valence-corrected chi connectivity index (χ4v) is 3.82. The van der Waals surface area contributed by atoms with Gasteiger partial charge in [0.05, 0.1) is 19.4 Å². The van der Waals surface area contributed by atoms with E-state index in [0.29, 0.717) is 16.5 Å². The van der Waals surface area contributed by atoms with Gasteiger partial charge in [-0.15, -0.1) is 11.3 Å². The van der Waals surface area contributed by atoms with Gasteiger partial charge in [-0.05, 0) is 29.3 Å². The summed E-state index contributed by atoms with van der Waals surface area (Å²) in [5.74, 6) is -3.14. The van der Waals surface area contributed by atoms with Crippen LogP contribution in [0.5, 0.6) is 5.75 Å². The van der Waals surface area contributed by atoms with Crippen LogP contribution in [0.25, 0.3) is 27.2 Å². The van der Waals surface area contributed by atoms with Gasteiger partial charge in [0.2, 0.25) is 0 Å². The van der Waals surface area contributed by atoms with Gasteiger partial charge in [0.25, 0.3) is 5.91 Å². The molecule has 3 aromatic carbocycles. The van der Waals surface area contributed by atoms with Gasteiger partial charge in [0, 0.05) is 16.5 Å². The van der Waals surface area contributed by atoms with E-state index in [1.807, 2.05) is 36.4 Å². The minimum absolute atomic E-state index is 0.178. The van der Waals surface area contributed by atoms with E-state index in [1.165, 1.54) is 11.3 Å². The SMILES string of the molecule is [C-]#[N+]c1ccc(-c2cccc(-c3csc(NC(=O)c4cc(F)c(OC)c(F)c4)n3)c2)cc1. The number of nitrogens with one attached hydrogen (secondary N) is 1. The molecule has 0 aliphatic rings. The molecule has 0 fully saturated rings. The zero-order valence-corrected chi connectivity index (χ0v) is 17.5. The number of rotatable bonds is 5. The summed E-state index contributed by atoms with van der Waals surface area (Å²) in [6.45, 7) is 7.06. The summed E-state index contributed by atoms with van der Waals surface area (Å²) in [5, 5.41) is 4.65. The number of hydrogen-bond donors (Lipinski definition) is 1. The summed E-state index contributed by atoms with van der Waals surface area (Å²) in [6.07, 6.45) is 0. The van der Waals surface area contributed by atoms with Crippen molar-refractivity contribution in [1.82, 2.24) is 4.98 Å². The molecule has 0 bridgehead atoms. The van der Waals surface area contributed by atoms with Crippen molar-refractivity contribution in [2.45, 2.75) is 0 Å². The van der Waals surface area contributed by atoms with E-state index >= 15 is 0 Å². The third kappa shape index (κ3) is 4.33. The van der Waals surface area contributed by atoms with Gasteiger partial charge >= 0.3 is 0 Å². The number of hydrogen-bond acceptors (Lipinski definition) is 4. The Bertz CT molecular complexity index is 1320. The van der Waals surface area contributed by atoms with Gasteiger partial charge in [0.1, 0.15) is 0 Å². The van der Waals surface area contributed by atoms with Crippen molar-refractivity contribution in [1.29, 1.82) is 0 Å². The molecule has 0 aliphatic heterocycles. The predicted octanol–water partition coefficient (Wildman–Crippen LogP) is 6.57. The number of carbonyl (C=O) groups is 1. The molecule has 0 spiro atoms. The Morgan fingerprint density at radius 3 is 2.38 bits per heavy atom. The summed E-state index contributed by atoms with van der Waals surface area (Å²) in [5.41, 5.74) is 3.81. The van der Waals surface area contributed by atoms with Gasteiger partial charge in [-0.3, -0.25) is 10.1 Å². The minimum atomic E-state index is -0.960. The van der Waals surface area contributed by atoms with Crippen molar-refractivity contribution in [2.75, 3.05) is 12.4 Å². The topological polar surface area (TPSA) is 55.6 Å². The third-order valence-electron chi connectivity index (χ3n) is 4.68. The van der Waals surface area contributed by atoms with Crippen molar-refractivity contribution < 1.29 is 18.3 Å². The molecule has 0 radical (unpaired) electrons. The van der Waals surface area contributed by atoms with Crippen LogP contribution in [0.3, 0.4) is 0 Å². The van der Waals surface area contributed by atoms with Crippen LogP contribution in [0, 0.1) is 18.2 Å². The number of methoxy groups -OCH3 is 1. The van der Waals surface area contributed by atoms with Gasteiger partial charge in [0.15, 0.2) is 28.2 Å². The second kappa shape index (κ2) is 8.96. The van der Waals surface area contributed by atoms with Crippen molar-refractivity contribution in [3.63, 3.8) is 0 Å². The summed E-state index contributed by atoms with van der Waals surface area (Å²) >= 11 is 1.20. The number of anilines is 1. The zero-order chi connectivity index (χ0) is 22.7. The monoisotopic (exact) mass is 447 g/mol. The van der Waals surface area contributed by atoms with Crippen molar-refractivity contribution in [2.24, 2.45) is 0 Å². The standard InChI is InChI=1S/C24H15F2N3O2S/c1-27-18-8-6-14(7-9-18)15-4-3-5-16(10-15)21-13-32-24(28-21)29-23(30)17-11-19(25)22(31-2)20(26)12-17/h3-13H,2H3,(H,28,29,30). The second-order valence-corrected chi connectivity index (χ2v) is 7.56. The van der Waals surface area contributed by atoms with Gasteiger partial charge in [-0.1, -0.05) is 42.5 Å². The maximum atomic E-state index is 13.9. The number of halogens is 2. The Morgan fingerprint density at radius 2 is 1.72 bits per heavy atom. The summed E-state index contributed by atoms with van der Waals surface area (Å²) in [7, 11) is 1.15. The Kier molecular flexibility index (Phi) is 5.92. The van der Waals surface area contributed by atoms with E-state index in [-0.39, 0.29) is 5.56 Å². The van der Waals surface area contributed by atoms with E-state index in [9.17, 15) is 13.6 Å². The first-order chi connectivity index (χ1) is 15.5. The van der Waals surface area contributed by atoms with Crippen molar-refractivity contribution in [3.8, 4) is 28.1 Å². The highest BCUT2D eigenvalue weighted by atomic mass is 32.1. The molecular formula is C24H15F2N3O2S. The average molecular weight is 447 g/mol. The first kappa shape index (κ1) is 21.2. The number of amides is 1. The molecule has 1 amide bonds. The fraction of sp³-hybridized carbons (Fsp3) is 0.0417. The zero-order valence-electron chi connectivity index (χ0n) is 16.7. The average Bonchev–Trinajstić information content (AvgIpc) is 3.27. The van der Waals surface area contributed by atoms with Crippen LogP contribution < -0.4 is 10.1 Å². The third-order valence-corrected chi connectivity index (χ3v) is 5.44. The van der Waals surface area contributed by atoms with E-state index in [1.54, 1.807) is 17.5 Å². The van der Waals surface area contributed by atoms with Gasteiger partial charge in [-0.25, -0.2) is 18.6 Å². The largest absolute Gasteiger partial charge is 0.491 e. The number of aromatic nitrogens is 1. The molecule has 4 aromatic rings. The normalized spacial score (nSPS) is 10.4. The van der Waals surface area contributed by atoms with Crippen molar-refractivity contribution in [3.05, 3.63) is 94.7 Å². The highest BCUT2D eigenvalue weighted by Gasteiger charge is 2.17. The van der Waals surface area contributed by atoms with Crippen LogP contribution in [0.4, 0.5) is 19.6 Å². The van der Waals surface area contributed by atoms with Crippen molar-refractivity contribution >= 4 is 28.1 Å². The Labute approximate surface area is 186 Å². The molecule has 4 rings (SSSR count). The molecule has 158 valence electrons. The lowest BCUT2D eigenvalue weighted by Crippen LogP contribution is -2.13. The molecule has 1 heterocycles. The van der Waals surface area contributed by atoms with Crippen LogP contribution in [0.15, 0.2) is 66.0 Å². The molecule has 1 aromatic heterocycles. The lowest BCUT2D eigenvalue weighted by atomic mass is 10.0. The number of thiazole rings is 1. The number of nitrogens with zero attached hydrogens (tertiary/aromatic N) is 2. The highest BCUT2D eigenvalue weighted by Crippen LogP contribution is 2.30.